The number of carbonyl (C=O) groups is 1. The Balaban J connectivity index is 2.27. The Morgan fingerprint density at radius 2 is 2.12 bits per heavy atom. The van der Waals surface area contributed by atoms with Crippen LogP contribution in [0.3, 0.4) is 0 Å². The van der Waals surface area contributed by atoms with E-state index in [0.717, 1.165) is 6.07 Å². The highest BCUT2D eigenvalue weighted by molar-refractivity contribution is 6.34. The molecule has 17 heavy (non-hydrogen) atoms. The lowest BCUT2D eigenvalue weighted by molar-refractivity contribution is 0.00527. The second-order valence-electron chi connectivity index (χ2n) is 4.26. The number of hydrogen-bond donors (Lipinski definition) is 0. The number of ketones is 1. The van der Waals surface area contributed by atoms with Gasteiger partial charge in [0.15, 0.2) is 5.78 Å². The van der Waals surface area contributed by atoms with E-state index >= 15 is 0 Å². The van der Waals surface area contributed by atoms with E-state index in [-0.39, 0.29) is 23.4 Å². The standard InChI is InChI=1S/C12H10ClF3O/c13-8-2-1-3-9(14)10(8)11(17)7-4-5-12(15,16)6-7/h1-3,7H,4-6H2. The maximum atomic E-state index is 13.5. The zero-order valence-electron chi connectivity index (χ0n) is 8.85. The fourth-order valence-corrected chi connectivity index (χ4v) is 2.37. The molecule has 5 heteroatoms. The van der Waals surface area contributed by atoms with Crippen molar-refractivity contribution >= 4 is 17.4 Å². The van der Waals surface area contributed by atoms with E-state index in [0.29, 0.717) is 0 Å². The van der Waals surface area contributed by atoms with Crippen LogP contribution in [-0.2, 0) is 0 Å². The quantitative estimate of drug-likeness (QED) is 0.734. The summed E-state index contributed by atoms with van der Waals surface area (Å²) in [6.45, 7) is 0. The van der Waals surface area contributed by atoms with Gasteiger partial charge in [-0.1, -0.05) is 17.7 Å². The van der Waals surface area contributed by atoms with Crippen molar-refractivity contribution in [3.05, 3.63) is 34.6 Å². The molecule has 0 N–H and O–H groups in total. The lowest BCUT2D eigenvalue weighted by Gasteiger charge is -2.11. The molecule has 2 rings (SSSR count). The highest BCUT2D eigenvalue weighted by Gasteiger charge is 2.43. The molecule has 1 aliphatic carbocycles. The zero-order valence-corrected chi connectivity index (χ0v) is 9.61. The van der Waals surface area contributed by atoms with Crippen molar-refractivity contribution in [3.63, 3.8) is 0 Å². The summed E-state index contributed by atoms with van der Waals surface area (Å²) >= 11 is 5.73. The molecule has 0 spiro atoms. The van der Waals surface area contributed by atoms with Gasteiger partial charge in [0.2, 0.25) is 5.92 Å². The van der Waals surface area contributed by atoms with Gasteiger partial charge in [0.25, 0.3) is 0 Å². The van der Waals surface area contributed by atoms with Crippen molar-refractivity contribution in [1.82, 2.24) is 0 Å². The summed E-state index contributed by atoms with van der Waals surface area (Å²) in [5, 5.41) is -0.0229. The number of hydrogen-bond acceptors (Lipinski definition) is 1. The van der Waals surface area contributed by atoms with Gasteiger partial charge in [-0.2, -0.15) is 0 Å². The molecule has 1 nitrogen and oxygen atoms in total. The van der Waals surface area contributed by atoms with Gasteiger partial charge in [-0.05, 0) is 18.6 Å². The fourth-order valence-electron chi connectivity index (χ4n) is 2.11. The van der Waals surface area contributed by atoms with Crippen molar-refractivity contribution < 1.29 is 18.0 Å². The topological polar surface area (TPSA) is 17.1 Å². The van der Waals surface area contributed by atoms with Crippen LogP contribution in [0.2, 0.25) is 5.02 Å². The second kappa shape index (κ2) is 4.33. The molecule has 1 saturated carbocycles. The molecule has 0 aliphatic heterocycles. The minimum absolute atomic E-state index is 0.0229. The number of alkyl halides is 2. The first-order valence-electron chi connectivity index (χ1n) is 5.27. The van der Waals surface area contributed by atoms with Gasteiger partial charge < -0.3 is 0 Å². The van der Waals surface area contributed by atoms with E-state index in [1.54, 1.807) is 0 Å². The van der Waals surface area contributed by atoms with Crippen LogP contribution in [0.4, 0.5) is 13.2 Å². The van der Waals surface area contributed by atoms with Crippen LogP contribution in [0.15, 0.2) is 18.2 Å². The molecule has 0 saturated heterocycles. The Bertz CT molecular complexity index is 439. The average molecular weight is 263 g/mol. The molecule has 1 aromatic carbocycles. The summed E-state index contributed by atoms with van der Waals surface area (Å²) in [7, 11) is 0. The minimum atomic E-state index is -2.82. The van der Waals surface area contributed by atoms with Gasteiger partial charge in [-0.25, -0.2) is 13.2 Å². The Labute approximate surface area is 102 Å². The Kier molecular flexibility index (Phi) is 3.17. The minimum Gasteiger partial charge on any atom is -0.294 e. The normalized spacial score (nSPS) is 22.7. The Morgan fingerprint density at radius 1 is 1.41 bits per heavy atom. The van der Waals surface area contributed by atoms with Gasteiger partial charge in [0, 0.05) is 18.8 Å². The monoisotopic (exact) mass is 262 g/mol. The van der Waals surface area contributed by atoms with Crippen LogP contribution in [0.25, 0.3) is 0 Å². The van der Waals surface area contributed by atoms with E-state index in [1.165, 1.54) is 12.1 Å². The van der Waals surface area contributed by atoms with E-state index in [1.807, 2.05) is 0 Å². The van der Waals surface area contributed by atoms with Crippen LogP contribution < -0.4 is 0 Å². The Hall–Kier alpha value is -1.03. The molecule has 0 aromatic heterocycles. The number of rotatable bonds is 2. The number of benzene rings is 1. The van der Waals surface area contributed by atoms with Gasteiger partial charge in [-0.3, -0.25) is 4.79 Å². The molecular formula is C12H10ClF3O. The molecular weight excluding hydrogens is 253 g/mol. The first-order valence-corrected chi connectivity index (χ1v) is 5.64. The summed E-state index contributed by atoms with van der Waals surface area (Å²) in [5.74, 6) is -5.03. The average Bonchev–Trinajstić information content (AvgIpc) is 2.58. The number of halogens is 4. The molecule has 0 radical (unpaired) electrons. The van der Waals surface area contributed by atoms with Gasteiger partial charge >= 0.3 is 0 Å². The fraction of sp³-hybridized carbons (Fsp3) is 0.417. The van der Waals surface area contributed by atoms with Gasteiger partial charge in [0.05, 0.1) is 10.6 Å². The van der Waals surface area contributed by atoms with Crippen molar-refractivity contribution in [3.8, 4) is 0 Å². The molecule has 1 atom stereocenters. The lowest BCUT2D eigenvalue weighted by Crippen LogP contribution is -2.17. The third kappa shape index (κ3) is 2.46. The molecule has 1 aliphatic rings. The van der Waals surface area contributed by atoms with Crippen LogP contribution >= 0.6 is 11.6 Å². The van der Waals surface area contributed by atoms with E-state index in [2.05, 4.69) is 0 Å². The molecule has 0 amide bonds. The van der Waals surface area contributed by atoms with Crippen molar-refractivity contribution in [2.45, 2.75) is 25.2 Å². The largest absolute Gasteiger partial charge is 0.294 e. The van der Waals surface area contributed by atoms with E-state index in [9.17, 15) is 18.0 Å². The van der Waals surface area contributed by atoms with Gasteiger partial charge in [0.1, 0.15) is 5.82 Å². The summed E-state index contributed by atoms with van der Waals surface area (Å²) in [4.78, 5) is 11.9. The summed E-state index contributed by atoms with van der Waals surface area (Å²) in [6, 6.07) is 3.86. The smallest absolute Gasteiger partial charge is 0.248 e. The molecule has 0 heterocycles. The van der Waals surface area contributed by atoms with Crippen LogP contribution in [0.1, 0.15) is 29.6 Å². The molecule has 0 bridgehead atoms. The maximum absolute atomic E-state index is 13.5. The van der Waals surface area contributed by atoms with Crippen LogP contribution in [0.5, 0.6) is 0 Å². The third-order valence-corrected chi connectivity index (χ3v) is 3.30. The van der Waals surface area contributed by atoms with Gasteiger partial charge in [-0.15, -0.1) is 0 Å². The van der Waals surface area contributed by atoms with E-state index < -0.39 is 29.9 Å². The highest BCUT2D eigenvalue weighted by atomic mass is 35.5. The first kappa shape index (κ1) is 12.4. The highest BCUT2D eigenvalue weighted by Crippen LogP contribution is 2.41. The predicted molar refractivity (Wildman–Crippen MR) is 58.0 cm³/mol. The SMILES string of the molecule is O=C(c1c(F)cccc1Cl)C1CCC(F)(F)C1. The molecule has 1 aromatic rings. The summed E-state index contributed by atoms with van der Waals surface area (Å²) < 4.78 is 39.4. The molecule has 1 unspecified atom stereocenters. The van der Waals surface area contributed by atoms with E-state index in [4.69, 9.17) is 11.6 Å². The predicted octanol–water partition coefficient (Wildman–Crippen LogP) is 4.10. The molecule has 92 valence electrons. The van der Waals surface area contributed by atoms with Crippen molar-refractivity contribution in [1.29, 1.82) is 0 Å². The first-order chi connectivity index (χ1) is 7.91. The lowest BCUT2D eigenvalue weighted by atomic mass is 9.95. The van der Waals surface area contributed by atoms with Crippen molar-refractivity contribution in [2.75, 3.05) is 0 Å². The van der Waals surface area contributed by atoms with Crippen LogP contribution in [0, 0.1) is 11.7 Å². The second-order valence-corrected chi connectivity index (χ2v) is 4.66. The number of carbonyl (C=O) groups excluding carboxylic acids is 1. The van der Waals surface area contributed by atoms with Crippen molar-refractivity contribution in [2.24, 2.45) is 5.92 Å². The zero-order chi connectivity index (χ0) is 12.6. The number of Topliss-reactive ketones (excluding diaryl/α,β-unsaturated/α-hetero) is 1. The summed E-state index contributed by atoms with van der Waals surface area (Å²) in [5.41, 5.74) is -0.267. The third-order valence-electron chi connectivity index (χ3n) is 2.98. The summed E-state index contributed by atoms with van der Waals surface area (Å²) in [6.07, 6.45) is -0.761. The van der Waals surface area contributed by atoms with Crippen LogP contribution in [-0.4, -0.2) is 11.7 Å². The molecule has 1 fully saturated rings. The maximum Gasteiger partial charge on any atom is 0.248 e. The Morgan fingerprint density at radius 3 is 2.65 bits per heavy atom.